The second kappa shape index (κ2) is 3.82. The largest absolute Gasteiger partial charge is 0.266 e. The number of aromatic amines is 1. The molecule has 17 heavy (non-hydrogen) atoms. The highest BCUT2D eigenvalue weighted by Crippen LogP contribution is 2.26. The molecule has 1 N–H and O–H groups in total. The van der Waals surface area contributed by atoms with Gasteiger partial charge in [-0.1, -0.05) is 17.7 Å². The molecule has 0 atom stereocenters. The fourth-order valence-electron chi connectivity index (χ4n) is 1.71. The van der Waals surface area contributed by atoms with E-state index in [0.717, 1.165) is 22.0 Å². The Bertz CT molecular complexity index is 676. The van der Waals surface area contributed by atoms with Crippen LogP contribution in [0.1, 0.15) is 0 Å². The molecular weight excluding hydrogens is 241 g/mol. The fourth-order valence-corrected chi connectivity index (χ4v) is 1.90. The van der Waals surface area contributed by atoms with Gasteiger partial charge in [0.2, 0.25) is 5.95 Å². The van der Waals surface area contributed by atoms with Crippen molar-refractivity contribution in [1.29, 1.82) is 0 Å². The van der Waals surface area contributed by atoms with Gasteiger partial charge in [-0.25, -0.2) is 4.98 Å². The first kappa shape index (κ1) is 10.2. The molecule has 0 aliphatic heterocycles. The van der Waals surface area contributed by atoms with Gasteiger partial charge in [0.15, 0.2) is 0 Å². The van der Waals surface area contributed by atoms with E-state index in [1.807, 2.05) is 18.2 Å². The van der Waals surface area contributed by atoms with Crippen molar-refractivity contribution in [3.8, 4) is 11.1 Å². The van der Waals surface area contributed by atoms with Crippen molar-refractivity contribution in [2.75, 3.05) is 0 Å². The molecule has 2 heterocycles. The third kappa shape index (κ3) is 1.76. The van der Waals surface area contributed by atoms with Crippen LogP contribution in [0.15, 0.2) is 36.5 Å². The summed E-state index contributed by atoms with van der Waals surface area (Å²) in [7, 11) is 0. The number of aromatic nitrogens is 3. The van der Waals surface area contributed by atoms with Gasteiger partial charge in [0.25, 0.3) is 0 Å². The summed E-state index contributed by atoms with van der Waals surface area (Å²) in [6, 6.07) is 8.66. The number of benzene rings is 1. The molecule has 84 valence electrons. The lowest BCUT2D eigenvalue weighted by Crippen LogP contribution is -1.83. The molecule has 3 rings (SSSR count). The lowest BCUT2D eigenvalue weighted by Gasteiger charge is -2.00. The fraction of sp³-hybridized carbons (Fsp3) is 0. The normalized spacial score (nSPS) is 10.9. The van der Waals surface area contributed by atoms with E-state index in [4.69, 9.17) is 11.6 Å². The van der Waals surface area contributed by atoms with Crippen LogP contribution in [-0.2, 0) is 0 Å². The monoisotopic (exact) mass is 247 g/mol. The highest BCUT2D eigenvalue weighted by Gasteiger charge is 2.05. The van der Waals surface area contributed by atoms with Crippen molar-refractivity contribution in [3.63, 3.8) is 0 Å². The van der Waals surface area contributed by atoms with Gasteiger partial charge in [-0.15, -0.1) is 0 Å². The summed E-state index contributed by atoms with van der Waals surface area (Å²) in [5, 5.41) is 8.08. The molecular formula is C12H7ClFN3. The van der Waals surface area contributed by atoms with Crippen LogP contribution in [0.25, 0.3) is 22.0 Å². The van der Waals surface area contributed by atoms with Crippen molar-refractivity contribution in [3.05, 3.63) is 47.6 Å². The predicted octanol–water partition coefficient (Wildman–Crippen LogP) is 3.42. The quantitative estimate of drug-likeness (QED) is 0.670. The Hall–Kier alpha value is -1.94. The van der Waals surface area contributed by atoms with Crippen molar-refractivity contribution in [2.24, 2.45) is 0 Å². The van der Waals surface area contributed by atoms with Crippen LogP contribution in [0, 0.1) is 5.95 Å². The van der Waals surface area contributed by atoms with Gasteiger partial charge in [-0.3, -0.25) is 5.10 Å². The Labute approximate surface area is 101 Å². The van der Waals surface area contributed by atoms with E-state index in [1.54, 1.807) is 6.07 Å². The second-order valence-corrected chi connectivity index (χ2v) is 4.02. The zero-order chi connectivity index (χ0) is 11.8. The lowest BCUT2D eigenvalue weighted by molar-refractivity contribution is 0.584. The molecule has 3 aromatic rings. The number of fused-ring (bicyclic) bond motifs is 1. The van der Waals surface area contributed by atoms with Gasteiger partial charge in [-0.05, 0) is 29.8 Å². The first-order valence-electron chi connectivity index (χ1n) is 4.99. The van der Waals surface area contributed by atoms with E-state index in [1.165, 1.54) is 12.3 Å². The molecule has 0 spiro atoms. The minimum absolute atomic E-state index is 0.490. The Morgan fingerprint density at radius 1 is 1.12 bits per heavy atom. The van der Waals surface area contributed by atoms with Crippen molar-refractivity contribution in [2.45, 2.75) is 0 Å². The summed E-state index contributed by atoms with van der Waals surface area (Å²) >= 11 is 5.96. The maximum atomic E-state index is 12.7. The average Bonchev–Trinajstić information content (AvgIpc) is 2.72. The zero-order valence-corrected chi connectivity index (χ0v) is 9.37. The molecule has 1 aromatic carbocycles. The maximum absolute atomic E-state index is 12.7. The number of hydrogen-bond acceptors (Lipinski definition) is 2. The molecule has 0 saturated heterocycles. The van der Waals surface area contributed by atoms with Gasteiger partial charge in [0.05, 0.1) is 5.52 Å². The minimum Gasteiger partial charge on any atom is -0.266 e. The van der Waals surface area contributed by atoms with E-state index in [0.29, 0.717) is 5.15 Å². The summed E-state index contributed by atoms with van der Waals surface area (Å²) < 4.78 is 12.7. The molecule has 5 heteroatoms. The minimum atomic E-state index is -0.490. The molecule has 3 nitrogen and oxygen atoms in total. The smallest absolute Gasteiger partial charge is 0.212 e. The average molecular weight is 248 g/mol. The summed E-state index contributed by atoms with van der Waals surface area (Å²) in [5.74, 6) is -0.490. The number of rotatable bonds is 1. The number of pyridine rings is 1. The maximum Gasteiger partial charge on any atom is 0.212 e. The topological polar surface area (TPSA) is 41.6 Å². The Morgan fingerprint density at radius 2 is 1.94 bits per heavy atom. The lowest BCUT2D eigenvalue weighted by atomic mass is 10.1. The molecule has 0 fully saturated rings. The van der Waals surface area contributed by atoms with E-state index in [9.17, 15) is 4.39 Å². The van der Waals surface area contributed by atoms with Crippen LogP contribution >= 0.6 is 11.6 Å². The summed E-state index contributed by atoms with van der Waals surface area (Å²) in [5.41, 5.74) is 2.56. The first-order valence-corrected chi connectivity index (χ1v) is 5.37. The third-order valence-corrected chi connectivity index (χ3v) is 2.86. The molecule has 0 saturated carbocycles. The van der Waals surface area contributed by atoms with Crippen molar-refractivity contribution in [1.82, 2.24) is 15.2 Å². The molecule has 0 unspecified atom stereocenters. The highest BCUT2D eigenvalue weighted by atomic mass is 35.5. The van der Waals surface area contributed by atoms with Crippen LogP contribution in [0.3, 0.4) is 0 Å². The van der Waals surface area contributed by atoms with Gasteiger partial charge in [-0.2, -0.15) is 9.49 Å². The molecule has 0 aliphatic rings. The second-order valence-electron chi connectivity index (χ2n) is 3.64. The SMILES string of the molecule is Fc1ccc(-c2ccc3n[nH]c(Cl)c3c2)cn1. The molecule has 0 radical (unpaired) electrons. The van der Waals surface area contributed by atoms with Crippen LogP contribution < -0.4 is 0 Å². The van der Waals surface area contributed by atoms with Crippen LogP contribution in [0.4, 0.5) is 4.39 Å². The number of H-pyrrole nitrogens is 1. The number of halogens is 2. The zero-order valence-electron chi connectivity index (χ0n) is 8.61. The Morgan fingerprint density at radius 3 is 2.71 bits per heavy atom. The predicted molar refractivity (Wildman–Crippen MR) is 64.3 cm³/mol. The van der Waals surface area contributed by atoms with Crippen LogP contribution in [0.5, 0.6) is 0 Å². The van der Waals surface area contributed by atoms with Gasteiger partial charge >= 0.3 is 0 Å². The van der Waals surface area contributed by atoms with Crippen molar-refractivity contribution >= 4 is 22.5 Å². The first-order chi connectivity index (χ1) is 8.24. The summed E-state index contributed by atoms with van der Waals surface area (Å²) in [4.78, 5) is 3.62. The van der Waals surface area contributed by atoms with Crippen LogP contribution in [0.2, 0.25) is 5.15 Å². The third-order valence-electron chi connectivity index (χ3n) is 2.57. The van der Waals surface area contributed by atoms with Gasteiger partial charge in [0.1, 0.15) is 5.15 Å². The Balaban J connectivity index is 2.17. The van der Waals surface area contributed by atoms with Crippen LogP contribution in [-0.4, -0.2) is 15.2 Å². The van der Waals surface area contributed by atoms with E-state index in [2.05, 4.69) is 15.2 Å². The van der Waals surface area contributed by atoms with E-state index >= 15 is 0 Å². The molecule has 2 aromatic heterocycles. The summed E-state index contributed by atoms with van der Waals surface area (Å²) in [6.07, 6.45) is 1.49. The van der Waals surface area contributed by atoms with E-state index < -0.39 is 5.95 Å². The van der Waals surface area contributed by atoms with E-state index in [-0.39, 0.29) is 0 Å². The molecule has 0 bridgehead atoms. The highest BCUT2D eigenvalue weighted by molar-refractivity contribution is 6.34. The van der Waals surface area contributed by atoms with Crippen molar-refractivity contribution < 1.29 is 4.39 Å². The van der Waals surface area contributed by atoms with Gasteiger partial charge < -0.3 is 0 Å². The molecule has 0 aliphatic carbocycles. The number of nitrogens with zero attached hydrogens (tertiary/aromatic N) is 2. The Kier molecular flexibility index (Phi) is 2.30. The standard InChI is InChI=1S/C12H7ClFN3/c13-12-9-5-7(1-3-10(9)16-17-12)8-2-4-11(14)15-6-8/h1-6H,(H,16,17). The summed E-state index contributed by atoms with van der Waals surface area (Å²) in [6.45, 7) is 0. The number of nitrogens with one attached hydrogen (secondary N) is 1. The van der Waals surface area contributed by atoms with Gasteiger partial charge in [0, 0.05) is 17.1 Å². The molecule has 0 amide bonds. The number of hydrogen-bond donors (Lipinski definition) is 1.